The van der Waals surface area contributed by atoms with Gasteiger partial charge in [-0.2, -0.15) is 0 Å². The molecular formula is C17H17N3O3S2. The van der Waals surface area contributed by atoms with Crippen LogP contribution in [-0.4, -0.2) is 43.1 Å². The van der Waals surface area contributed by atoms with Crippen molar-refractivity contribution in [1.29, 1.82) is 0 Å². The van der Waals surface area contributed by atoms with E-state index in [1.165, 1.54) is 4.90 Å². The van der Waals surface area contributed by atoms with E-state index in [0.29, 0.717) is 12.1 Å². The number of nitrogens with zero attached hydrogens (tertiary/aromatic N) is 2. The molecule has 0 aliphatic carbocycles. The fraction of sp³-hybridized carbons (Fsp3) is 0.294. The molecule has 25 heavy (non-hydrogen) atoms. The number of thioether (sulfide) groups is 1. The second-order valence-corrected chi connectivity index (χ2v) is 8.91. The number of hydrogen-bond acceptors (Lipinski definition) is 5. The average Bonchev–Trinajstić information content (AvgIpc) is 2.61. The monoisotopic (exact) mass is 375 g/mol. The van der Waals surface area contributed by atoms with Crippen molar-refractivity contribution < 1.29 is 13.2 Å². The SMILES string of the molecule is O=C(N[C@H]1CCSc2ccccc21)C1=CC=CN2CCS(=O)(=O)N=C12. The van der Waals surface area contributed by atoms with Gasteiger partial charge in [-0.1, -0.05) is 18.2 Å². The van der Waals surface area contributed by atoms with Crippen LogP contribution < -0.4 is 5.32 Å². The highest BCUT2D eigenvalue weighted by Gasteiger charge is 2.31. The highest BCUT2D eigenvalue weighted by atomic mass is 32.2. The highest BCUT2D eigenvalue weighted by Crippen LogP contribution is 2.36. The van der Waals surface area contributed by atoms with E-state index in [1.807, 2.05) is 18.2 Å². The van der Waals surface area contributed by atoms with Crippen molar-refractivity contribution in [3.05, 3.63) is 53.8 Å². The Bertz CT molecular complexity index is 919. The summed E-state index contributed by atoms with van der Waals surface area (Å²) < 4.78 is 27.5. The zero-order chi connectivity index (χ0) is 17.4. The molecule has 6 nitrogen and oxygen atoms in total. The van der Waals surface area contributed by atoms with E-state index in [-0.39, 0.29) is 23.5 Å². The van der Waals surface area contributed by atoms with Crippen molar-refractivity contribution in [2.45, 2.75) is 17.4 Å². The topological polar surface area (TPSA) is 78.8 Å². The Morgan fingerprint density at radius 3 is 3.04 bits per heavy atom. The molecule has 0 saturated carbocycles. The zero-order valence-corrected chi connectivity index (χ0v) is 15.0. The van der Waals surface area contributed by atoms with Gasteiger partial charge in [0.15, 0.2) is 5.84 Å². The first kappa shape index (κ1) is 16.4. The normalized spacial score (nSPS) is 23.8. The molecule has 0 aromatic heterocycles. The Kier molecular flexibility index (Phi) is 4.16. The van der Waals surface area contributed by atoms with Gasteiger partial charge in [-0.15, -0.1) is 16.2 Å². The van der Waals surface area contributed by atoms with Gasteiger partial charge in [0.05, 0.1) is 17.4 Å². The summed E-state index contributed by atoms with van der Waals surface area (Å²) in [6.07, 6.45) is 5.95. The lowest BCUT2D eigenvalue weighted by atomic mass is 10.0. The van der Waals surface area contributed by atoms with Crippen molar-refractivity contribution >= 4 is 33.5 Å². The van der Waals surface area contributed by atoms with Crippen LogP contribution in [0.2, 0.25) is 0 Å². The number of rotatable bonds is 2. The van der Waals surface area contributed by atoms with Gasteiger partial charge in [-0.25, -0.2) is 8.42 Å². The molecule has 1 N–H and O–H groups in total. The Morgan fingerprint density at radius 2 is 2.16 bits per heavy atom. The molecule has 0 radical (unpaired) electrons. The lowest BCUT2D eigenvalue weighted by molar-refractivity contribution is -0.117. The van der Waals surface area contributed by atoms with E-state index in [1.54, 1.807) is 35.0 Å². The minimum Gasteiger partial charge on any atom is -0.345 e. The first-order valence-corrected chi connectivity index (χ1v) is 10.6. The molecule has 0 bridgehead atoms. The quantitative estimate of drug-likeness (QED) is 0.853. The van der Waals surface area contributed by atoms with Gasteiger partial charge in [0.1, 0.15) is 0 Å². The summed E-state index contributed by atoms with van der Waals surface area (Å²) in [5.41, 5.74) is 1.40. The maximum Gasteiger partial charge on any atom is 0.256 e. The smallest absolute Gasteiger partial charge is 0.256 e. The van der Waals surface area contributed by atoms with Crippen molar-refractivity contribution in [1.82, 2.24) is 10.2 Å². The van der Waals surface area contributed by atoms with Crippen LogP contribution >= 0.6 is 11.8 Å². The highest BCUT2D eigenvalue weighted by molar-refractivity contribution is 7.99. The minimum atomic E-state index is -3.51. The fourth-order valence-electron chi connectivity index (χ4n) is 3.12. The van der Waals surface area contributed by atoms with Crippen LogP contribution in [0, 0.1) is 0 Å². The molecule has 3 aliphatic rings. The largest absolute Gasteiger partial charge is 0.345 e. The molecule has 4 rings (SSSR count). The number of sulfonamides is 1. The number of allylic oxidation sites excluding steroid dienone is 2. The first-order chi connectivity index (χ1) is 12.0. The summed E-state index contributed by atoms with van der Waals surface area (Å²) in [4.78, 5) is 15.7. The second kappa shape index (κ2) is 6.34. The van der Waals surface area contributed by atoms with Crippen LogP contribution in [0.25, 0.3) is 0 Å². The summed E-state index contributed by atoms with van der Waals surface area (Å²) >= 11 is 1.78. The molecule has 0 spiro atoms. The Hall–Kier alpha value is -2.06. The van der Waals surface area contributed by atoms with Crippen molar-refractivity contribution in [3.8, 4) is 0 Å². The molecule has 3 heterocycles. The third-order valence-corrected chi connectivity index (χ3v) is 6.64. The van der Waals surface area contributed by atoms with Crippen LogP contribution in [0.4, 0.5) is 0 Å². The van der Waals surface area contributed by atoms with Gasteiger partial charge < -0.3 is 10.2 Å². The molecule has 1 aromatic rings. The number of carbonyl (C=O) groups is 1. The van der Waals surface area contributed by atoms with E-state index >= 15 is 0 Å². The number of nitrogens with one attached hydrogen (secondary N) is 1. The lowest BCUT2D eigenvalue weighted by Gasteiger charge is -2.30. The summed E-state index contributed by atoms with van der Waals surface area (Å²) in [5.74, 6) is 0.812. The van der Waals surface area contributed by atoms with Gasteiger partial charge in [-0.3, -0.25) is 4.79 Å². The third kappa shape index (κ3) is 3.23. The zero-order valence-electron chi connectivity index (χ0n) is 13.4. The Balaban J connectivity index is 1.61. The molecule has 1 amide bonds. The number of benzene rings is 1. The van der Waals surface area contributed by atoms with Crippen molar-refractivity contribution in [2.75, 3.05) is 18.1 Å². The van der Waals surface area contributed by atoms with Gasteiger partial charge in [-0.05, 0) is 30.2 Å². The summed E-state index contributed by atoms with van der Waals surface area (Å²) in [6.45, 7) is 0.311. The van der Waals surface area contributed by atoms with Gasteiger partial charge >= 0.3 is 0 Å². The first-order valence-electron chi connectivity index (χ1n) is 8.04. The van der Waals surface area contributed by atoms with Crippen molar-refractivity contribution in [3.63, 3.8) is 0 Å². The van der Waals surface area contributed by atoms with E-state index in [9.17, 15) is 13.2 Å². The molecule has 8 heteroatoms. The van der Waals surface area contributed by atoms with E-state index in [2.05, 4.69) is 15.8 Å². The molecule has 130 valence electrons. The number of hydrogen-bond donors (Lipinski definition) is 1. The molecule has 1 atom stereocenters. The number of carbonyl (C=O) groups excluding carboxylic acids is 1. The van der Waals surface area contributed by atoms with Crippen LogP contribution in [0.1, 0.15) is 18.0 Å². The second-order valence-electron chi connectivity index (χ2n) is 6.02. The molecular weight excluding hydrogens is 358 g/mol. The van der Waals surface area contributed by atoms with E-state index in [4.69, 9.17) is 0 Å². The predicted molar refractivity (Wildman–Crippen MR) is 97.8 cm³/mol. The lowest BCUT2D eigenvalue weighted by Crippen LogP contribution is -2.43. The van der Waals surface area contributed by atoms with Gasteiger partial charge in [0.25, 0.3) is 15.9 Å². The van der Waals surface area contributed by atoms with Gasteiger partial charge in [0.2, 0.25) is 0 Å². The van der Waals surface area contributed by atoms with Crippen LogP contribution in [0.15, 0.2) is 57.5 Å². The predicted octanol–water partition coefficient (Wildman–Crippen LogP) is 1.84. The fourth-order valence-corrected chi connectivity index (χ4v) is 5.23. The number of amidine groups is 1. The average molecular weight is 375 g/mol. The van der Waals surface area contributed by atoms with Crippen LogP contribution in [-0.2, 0) is 14.8 Å². The molecule has 0 fully saturated rings. The molecule has 1 aromatic carbocycles. The minimum absolute atomic E-state index is 0.0387. The number of amides is 1. The Morgan fingerprint density at radius 1 is 1.32 bits per heavy atom. The van der Waals surface area contributed by atoms with E-state index in [0.717, 1.165) is 17.7 Å². The summed E-state index contributed by atoms with van der Waals surface area (Å²) in [6, 6.07) is 7.96. The third-order valence-electron chi connectivity index (χ3n) is 4.37. The molecule has 3 aliphatic heterocycles. The standard InChI is InChI=1S/C17H17N3O3S2/c21-17(18-14-7-10-24-15-6-2-1-4-12(14)15)13-5-3-8-20-9-11-25(22,23)19-16(13)20/h1-6,8,14H,7,9-11H2,(H,18,21)/t14-/m0/s1. The number of fused-ring (bicyclic) bond motifs is 2. The maximum atomic E-state index is 12.8. The van der Waals surface area contributed by atoms with Crippen LogP contribution in [0.3, 0.4) is 0 Å². The van der Waals surface area contributed by atoms with Gasteiger partial charge in [0, 0.05) is 23.4 Å². The van der Waals surface area contributed by atoms with E-state index < -0.39 is 10.0 Å². The summed E-state index contributed by atoms with van der Waals surface area (Å²) in [7, 11) is -3.51. The maximum absolute atomic E-state index is 12.8. The van der Waals surface area contributed by atoms with Crippen LogP contribution in [0.5, 0.6) is 0 Å². The molecule has 0 saturated heterocycles. The van der Waals surface area contributed by atoms with Crippen molar-refractivity contribution in [2.24, 2.45) is 4.40 Å². The Labute approximate surface area is 150 Å². The molecule has 0 unspecified atom stereocenters. The summed E-state index contributed by atoms with van der Waals surface area (Å²) in [5, 5.41) is 3.05.